The van der Waals surface area contributed by atoms with Crippen molar-refractivity contribution in [2.45, 2.75) is 19.3 Å². The summed E-state index contributed by atoms with van der Waals surface area (Å²) in [6.45, 7) is 2.00. The zero-order chi connectivity index (χ0) is 16.2. The Hall–Kier alpha value is -2.05. The summed E-state index contributed by atoms with van der Waals surface area (Å²) in [6, 6.07) is 9.89. The van der Waals surface area contributed by atoms with Gasteiger partial charge in [0.2, 0.25) is 0 Å². The molecule has 1 N–H and O–H groups in total. The molecular weight excluding hydrogens is 326 g/mol. The van der Waals surface area contributed by atoms with Gasteiger partial charge >= 0.3 is 0 Å². The smallest absolute Gasteiger partial charge is 0.186 e. The highest BCUT2D eigenvalue weighted by atomic mass is 32.2. The van der Waals surface area contributed by atoms with Crippen molar-refractivity contribution < 1.29 is 4.79 Å². The van der Waals surface area contributed by atoms with E-state index >= 15 is 0 Å². The third-order valence-electron chi connectivity index (χ3n) is 3.35. The topological polar surface area (TPSA) is 66.7 Å². The van der Waals surface area contributed by atoms with E-state index in [2.05, 4.69) is 10.2 Å². The molecule has 3 rings (SSSR count). The minimum atomic E-state index is -0.575. The molecule has 116 valence electrons. The molecule has 0 unspecified atom stereocenters. The SMILES string of the molecule is CCc1nnc([C@H]2C(=N)S/C(=C\C=C\c3ccccc3)C2=O)s1. The zero-order valence-corrected chi connectivity index (χ0v) is 14.2. The number of carbonyl (C=O) groups is 1. The highest BCUT2D eigenvalue weighted by molar-refractivity contribution is 8.18. The molecule has 0 radical (unpaired) electrons. The van der Waals surface area contributed by atoms with Crippen molar-refractivity contribution in [1.29, 1.82) is 5.41 Å². The number of carbonyl (C=O) groups excluding carboxylic acids is 1. The summed E-state index contributed by atoms with van der Waals surface area (Å²) in [5.41, 5.74) is 1.07. The number of ketones is 1. The standard InChI is InChI=1S/C17H15N3OS2/c1-2-13-19-20-17(23-13)14-15(21)12(22-16(14)18)10-6-9-11-7-4-3-5-8-11/h3-10,14,18H,2H2,1H3/b9-6+,12-10-,18-16?/t14-/m1/s1. The van der Waals surface area contributed by atoms with E-state index in [0.29, 0.717) is 15.0 Å². The Labute approximate surface area is 142 Å². The van der Waals surface area contributed by atoms with E-state index < -0.39 is 5.92 Å². The van der Waals surface area contributed by atoms with E-state index in [1.807, 2.05) is 49.4 Å². The second-order valence-electron chi connectivity index (χ2n) is 4.95. The van der Waals surface area contributed by atoms with Gasteiger partial charge < -0.3 is 0 Å². The number of nitrogens with zero attached hydrogens (tertiary/aromatic N) is 2. The molecule has 2 heterocycles. The molecule has 0 bridgehead atoms. The molecule has 1 aromatic carbocycles. The average Bonchev–Trinajstić information content (AvgIpc) is 3.13. The van der Waals surface area contributed by atoms with Gasteiger partial charge in [0.15, 0.2) is 5.78 Å². The van der Waals surface area contributed by atoms with Gasteiger partial charge in [-0.3, -0.25) is 10.2 Å². The molecule has 0 aliphatic carbocycles. The maximum absolute atomic E-state index is 12.5. The van der Waals surface area contributed by atoms with Gasteiger partial charge in [0.1, 0.15) is 15.9 Å². The Morgan fingerprint density at radius 1 is 1.26 bits per heavy atom. The van der Waals surface area contributed by atoms with Crippen LogP contribution in [0.2, 0.25) is 0 Å². The van der Waals surface area contributed by atoms with Crippen molar-refractivity contribution in [2.24, 2.45) is 0 Å². The molecule has 1 aromatic heterocycles. The van der Waals surface area contributed by atoms with Crippen LogP contribution in [0.3, 0.4) is 0 Å². The summed E-state index contributed by atoms with van der Waals surface area (Å²) < 4.78 is 0. The van der Waals surface area contributed by atoms with Gasteiger partial charge in [0.25, 0.3) is 0 Å². The molecule has 23 heavy (non-hydrogen) atoms. The van der Waals surface area contributed by atoms with Crippen LogP contribution in [0.25, 0.3) is 6.08 Å². The summed E-state index contributed by atoms with van der Waals surface area (Å²) in [5, 5.41) is 18.1. The number of benzene rings is 1. The first-order valence-corrected chi connectivity index (χ1v) is 8.88. The first kappa shape index (κ1) is 15.8. The normalized spacial score (nSPS) is 20.0. The third-order valence-corrected chi connectivity index (χ3v) is 5.50. The van der Waals surface area contributed by atoms with Gasteiger partial charge in [-0.1, -0.05) is 61.2 Å². The lowest BCUT2D eigenvalue weighted by atomic mass is 10.1. The number of hydrogen-bond acceptors (Lipinski definition) is 6. The number of aromatic nitrogens is 2. The number of thioether (sulfide) groups is 1. The molecule has 1 saturated heterocycles. The van der Waals surface area contributed by atoms with Gasteiger partial charge in [0, 0.05) is 0 Å². The summed E-state index contributed by atoms with van der Waals surface area (Å²) in [4.78, 5) is 13.1. The number of rotatable bonds is 4. The number of hydrogen-bond donors (Lipinski definition) is 1. The molecule has 1 atom stereocenters. The average molecular weight is 341 g/mol. The van der Waals surface area contributed by atoms with Gasteiger partial charge in [-0.05, 0) is 18.1 Å². The Bertz CT molecular complexity index is 793. The molecule has 0 amide bonds. The Balaban J connectivity index is 1.78. The maximum Gasteiger partial charge on any atom is 0.186 e. The Morgan fingerprint density at radius 3 is 2.74 bits per heavy atom. The monoisotopic (exact) mass is 341 g/mol. The van der Waals surface area contributed by atoms with E-state index in [1.54, 1.807) is 6.08 Å². The molecule has 6 heteroatoms. The number of allylic oxidation sites excluding steroid dienone is 3. The molecule has 0 saturated carbocycles. The van der Waals surface area contributed by atoms with Crippen LogP contribution in [-0.2, 0) is 11.2 Å². The minimum Gasteiger partial charge on any atom is -0.297 e. The molecule has 1 fully saturated rings. The lowest BCUT2D eigenvalue weighted by molar-refractivity contribution is -0.114. The van der Waals surface area contributed by atoms with E-state index in [4.69, 9.17) is 5.41 Å². The fourth-order valence-electron chi connectivity index (χ4n) is 2.17. The van der Waals surface area contributed by atoms with Crippen molar-refractivity contribution in [3.8, 4) is 0 Å². The molecule has 1 aliphatic heterocycles. The van der Waals surface area contributed by atoms with Crippen LogP contribution in [-0.4, -0.2) is 21.0 Å². The Kier molecular flexibility index (Phi) is 4.83. The van der Waals surface area contributed by atoms with Crippen molar-refractivity contribution in [3.05, 3.63) is 63.0 Å². The lowest BCUT2D eigenvalue weighted by Gasteiger charge is -2.00. The third kappa shape index (κ3) is 3.48. The fraction of sp³-hybridized carbons (Fsp3) is 0.176. The van der Waals surface area contributed by atoms with Crippen LogP contribution in [0, 0.1) is 5.41 Å². The minimum absolute atomic E-state index is 0.0588. The van der Waals surface area contributed by atoms with Crippen LogP contribution >= 0.6 is 23.1 Å². The van der Waals surface area contributed by atoms with Crippen molar-refractivity contribution in [1.82, 2.24) is 10.2 Å². The Morgan fingerprint density at radius 2 is 2.04 bits per heavy atom. The van der Waals surface area contributed by atoms with E-state index in [9.17, 15) is 4.79 Å². The number of aryl methyl sites for hydroxylation is 1. The summed E-state index contributed by atoms with van der Waals surface area (Å²) >= 11 is 2.63. The van der Waals surface area contributed by atoms with Crippen molar-refractivity contribution in [2.75, 3.05) is 0 Å². The number of Topliss-reactive ketones (excluding diaryl/α,β-unsaturated/α-hetero) is 1. The lowest BCUT2D eigenvalue weighted by Crippen LogP contribution is -2.11. The molecule has 1 aliphatic rings. The number of nitrogens with one attached hydrogen (secondary N) is 1. The molecule has 4 nitrogen and oxygen atoms in total. The summed E-state index contributed by atoms with van der Waals surface area (Å²) in [7, 11) is 0. The van der Waals surface area contributed by atoms with E-state index in [0.717, 1.165) is 17.0 Å². The molecule has 2 aromatic rings. The fourth-order valence-corrected chi connectivity index (χ4v) is 4.07. The highest BCUT2D eigenvalue weighted by Gasteiger charge is 2.38. The van der Waals surface area contributed by atoms with E-state index in [-0.39, 0.29) is 5.78 Å². The van der Waals surface area contributed by atoms with Gasteiger partial charge in [-0.2, -0.15) is 0 Å². The van der Waals surface area contributed by atoms with E-state index in [1.165, 1.54) is 23.1 Å². The largest absolute Gasteiger partial charge is 0.297 e. The van der Waals surface area contributed by atoms with Crippen molar-refractivity contribution >= 4 is 40.0 Å². The second kappa shape index (κ2) is 7.02. The predicted molar refractivity (Wildman–Crippen MR) is 95.9 cm³/mol. The van der Waals surface area contributed by atoms with Crippen molar-refractivity contribution in [3.63, 3.8) is 0 Å². The van der Waals surface area contributed by atoms with Crippen LogP contribution in [0.15, 0.2) is 47.4 Å². The van der Waals surface area contributed by atoms with Gasteiger partial charge in [0.05, 0.1) is 9.95 Å². The van der Waals surface area contributed by atoms with Crippen LogP contribution < -0.4 is 0 Å². The first-order valence-electron chi connectivity index (χ1n) is 7.25. The first-order chi connectivity index (χ1) is 11.2. The highest BCUT2D eigenvalue weighted by Crippen LogP contribution is 2.40. The maximum atomic E-state index is 12.5. The summed E-state index contributed by atoms with van der Waals surface area (Å²) in [6.07, 6.45) is 6.36. The van der Waals surface area contributed by atoms with Gasteiger partial charge in [-0.25, -0.2) is 0 Å². The molecule has 0 spiro atoms. The van der Waals surface area contributed by atoms with Gasteiger partial charge in [-0.15, -0.1) is 21.5 Å². The zero-order valence-electron chi connectivity index (χ0n) is 12.5. The second-order valence-corrected chi connectivity index (χ2v) is 7.13. The molecular formula is C17H15N3OS2. The predicted octanol–water partition coefficient (Wildman–Crippen LogP) is 4.07. The van der Waals surface area contributed by atoms with Crippen LogP contribution in [0.5, 0.6) is 0 Å². The summed E-state index contributed by atoms with van der Waals surface area (Å²) in [5.74, 6) is -0.634. The van der Waals surface area contributed by atoms with Crippen LogP contribution in [0.1, 0.15) is 28.4 Å². The van der Waals surface area contributed by atoms with Crippen LogP contribution in [0.4, 0.5) is 0 Å². The quantitative estimate of drug-likeness (QED) is 0.851.